The standard InChI is InChI=1S/C22H27Cl2F2NO3/c23-17-2-1-16(11-18(17)24)21(12-20-29-9-10-30-20)6-5-19(28)27(14-21)13-15-3-7-22(25,26)8-4-15/h1-2,11,15,20H,3-10,12-14H2. The fourth-order valence-electron chi connectivity index (χ4n) is 4.99. The maximum Gasteiger partial charge on any atom is 0.248 e. The summed E-state index contributed by atoms with van der Waals surface area (Å²) in [6.07, 6.45) is 2.04. The van der Waals surface area contributed by atoms with Gasteiger partial charge >= 0.3 is 0 Å². The fourth-order valence-corrected chi connectivity index (χ4v) is 5.29. The summed E-state index contributed by atoms with van der Waals surface area (Å²) in [4.78, 5) is 14.6. The van der Waals surface area contributed by atoms with E-state index in [0.717, 1.165) is 5.56 Å². The molecule has 4 nitrogen and oxygen atoms in total. The minimum atomic E-state index is -2.57. The van der Waals surface area contributed by atoms with Crippen molar-refractivity contribution in [1.82, 2.24) is 4.90 Å². The first kappa shape index (κ1) is 22.3. The molecule has 3 fully saturated rings. The van der Waals surface area contributed by atoms with E-state index in [9.17, 15) is 13.6 Å². The predicted octanol–water partition coefficient (Wildman–Crippen LogP) is 5.44. The van der Waals surface area contributed by atoms with Gasteiger partial charge in [-0.1, -0.05) is 29.3 Å². The number of likely N-dealkylation sites (tertiary alicyclic amines) is 1. The molecule has 1 atom stereocenters. The van der Waals surface area contributed by atoms with Crippen LogP contribution in [-0.2, 0) is 19.7 Å². The van der Waals surface area contributed by atoms with Gasteiger partial charge in [0.25, 0.3) is 0 Å². The van der Waals surface area contributed by atoms with Gasteiger partial charge in [0.15, 0.2) is 6.29 Å². The zero-order chi connectivity index (χ0) is 21.4. The summed E-state index contributed by atoms with van der Waals surface area (Å²) in [6.45, 7) is 2.13. The van der Waals surface area contributed by atoms with Crippen molar-refractivity contribution < 1.29 is 23.0 Å². The number of halogens is 4. The molecule has 166 valence electrons. The zero-order valence-corrected chi connectivity index (χ0v) is 18.4. The number of hydrogen-bond donors (Lipinski definition) is 0. The van der Waals surface area contributed by atoms with E-state index >= 15 is 0 Å². The molecule has 2 aliphatic heterocycles. The summed E-state index contributed by atoms with van der Waals surface area (Å²) in [7, 11) is 0. The first-order valence-corrected chi connectivity index (χ1v) is 11.4. The molecule has 1 saturated carbocycles. The van der Waals surface area contributed by atoms with E-state index in [0.29, 0.717) is 68.5 Å². The lowest BCUT2D eigenvalue weighted by molar-refractivity contribution is -0.139. The molecule has 30 heavy (non-hydrogen) atoms. The van der Waals surface area contributed by atoms with Crippen LogP contribution in [0, 0.1) is 5.92 Å². The Balaban J connectivity index is 1.56. The Morgan fingerprint density at radius 2 is 1.77 bits per heavy atom. The first-order valence-electron chi connectivity index (χ1n) is 10.6. The highest BCUT2D eigenvalue weighted by atomic mass is 35.5. The molecule has 0 spiro atoms. The van der Waals surface area contributed by atoms with Crippen LogP contribution in [0.4, 0.5) is 8.78 Å². The molecule has 1 aromatic rings. The number of ether oxygens (including phenoxy) is 2. The molecule has 3 aliphatic rings. The number of alkyl halides is 2. The second-order valence-electron chi connectivity index (χ2n) is 8.86. The summed E-state index contributed by atoms with van der Waals surface area (Å²) < 4.78 is 38.5. The largest absolute Gasteiger partial charge is 0.350 e. The lowest BCUT2D eigenvalue weighted by Gasteiger charge is -2.45. The van der Waals surface area contributed by atoms with Crippen LogP contribution in [0.1, 0.15) is 50.5 Å². The van der Waals surface area contributed by atoms with Gasteiger partial charge in [-0.3, -0.25) is 4.79 Å². The molecule has 1 aliphatic carbocycles. The monoisotopic (exact) mass is 461 g/mol. The van der Waals surface area contributed by atoms with E-state index in [1.54, 1.807) is 6.07 Å². The third-order valence-corrected chi connectivity index (χ3v) is 7.50. The third kappa shape index (κ3) is 4.93. The number of nitrogens with zero attached hydrogens (tertiary/aromatic N) is 1. The SMILES string of the molecule is O=C1CCC(CC2OCCO2)(c2ccc(Cl)c(Cl)c2)CN1CC1CCC(F)(F)CC1. The van der Waals surface area contributed by atoms with Gasteiger partial charge in [0, 0.05) is 44.2 Å². The second-order valence-corrected chi connectivity index (χ2v) is 9.67. The minimum Gasteiger partial charge on any atom is -0.350 e. The summed E-state index contributed by atoms with van der Waals surface area (Å²) in [6, 6.07) is 5.60. The summed E-state index contributed by atoms with van der Waals surface area (Å²) in [5.41, 5.74) is 0.624. The average molecular weight is 462 g/mol. The van der Waals surface area contributed by atoms with Crippen LogP contribution >= 0.6 is 23.2 Å². The highest BCUT2D eigenvalue weighted by Crippen LogP contribution is 2.43. The van der Waals surface area contributed by atoms with Gasteiger partial charge in [0.05, 0.1) is 23.3 Å². The Morgan fingerprint density at radius 3 is 2.43 bits per heavy atom. The Hall–Kier alpha value is -0.950. The molecular weight excluding hydrogens is 435 g/mol. The van der Waals surface area contributed by atoms with Gasteiger partial charge in [0.2, 0.25) is 11.8 Å². The van der Waals surface area contributed by atoms with Crippen molar-refractivity contribution >= 4 is 29.1 Å². The van der Waals surface area contributed by atoms with E-state index in [1.165, 1.54) is 0 Å². The van der Waals surface area contributed by atoms with Gasteiger partial charge in [-0.05, 0) is 42.9 Å². The van der Waals surface area contributed by atoms with Crippen molar-refractivity contribution in [1.29, 1.82) is 0 Å². The van der Waals surface area contributed by atoms with Gasteiger partial charge < -0.3 is 14.4 Å². The van der Waals surface area contributed by atoms with E-state index in [2.05, 4.69) is 0 Å². The number of amides is 1. The van der Waals surface area contributed by atoms with Crippen molar-refractivity contribution in [3.63, 3.8) is 0 Å². The summed E-state index contributed by atoms with van der Waals surface area (Å²) >= 11 is 12.4. The van der Waals surface area contributed by atoms with Crippen LogP contribution in [0.3, 0.4) is 0 Å². The average Bonchev–Trinajstić information content (AvgIpc) is 3.21. The zero-order valence-electron chi connectivity index (χ0n) is 16.8. The highest BCUT2D eigenvalue weighted by Gasteiger charge is 2.44. The molecule has 0 N–H and O–H groups in total. The molecule has 0 radical (unpaired) electrons. The molecule has 2 saturated heterocycles. The van der Waals surface area contributed by atoms with Crippen LogP contribution in [-0.4, -0.2) is 49.3 Å². The lowest BCUT2D eigenvalue weighted by Crippen LogP contribution is -2.52. The van der Waals surface area contributed by atoms with E-state index in [-0.39, 0.29) is 36.4 Å². The Bertz CT molecular complexity index is 778. The van der Waals surface area contributed by atoms with Crippen molar-refractivity contribution in [2.24, 2.45) is 5.92 Å². The normalized spacial score (nSPS) is 28.3. The van der Waals surface area contributed by atoms with Gasteiger partial charge in [-0.2, -0.15) is 0 Å². The third-order valence-electron chi connectivity index (χ3n) is 6.76. The van der Waals surface area contributed by atoms with Crippen LogP contribution in [0.25, 0.3) is 0 Å². The molecular formula is C22H27Cl2F2NO3. The number of benzene rings is 1. The number of carbonyl (C=O) groups excluding carboxylic acids is 1. The molecule has 1 unspecified atom stereocenters. The molecule has 0 bridgehead atoms. The Labute approximate surface area is 185 Å². The second kappa shape index (κ2) is 8.89. The first-order chi connectivity index (χ1) is 14.3. The van der Waals surface area contributed by atoms with Crippen molar-refractivity contribution in [2.45, 2.75) is 62.6 Å². The van der Waals surface area contributed by atoms with E-state index in [4.69, 9.17) is 32.7 Å². The maximum atomic E-state index is 13.5. The minimum absolute atomic E-state index is 0.0799. The molecule has 1 amide bonds. The smallest absolute Gasteiger partial charge is 0.248 e. The summed E-state index contributed by atoms with van der Waals surface area (Å²) in [5, 5.41) is 0.954. The predicted molar refractivity (Wildman–Crippen MR) is 111 cm³/mol. The Kier molecular flexibility index (Phi) is 6.59. The van der Waals surface area contributed by atoms with Crippen molar-refractivity contribution in [2.75, 3.05) is 26.3 Å². The van der Waals surface area contributed by atoms with Crippen molar-refractivity contribution in [3.05, 3.63) is 33.8 Å². The number of carbonyl (C=O) groups is 1. The fraction of sp³-hybridized carbons (Fsp3) is 0.682. The quantitative estimate of drug-likeness (QED) is 0.585. The van der Waals surface area contributed by atoms with E-state index in [1.807, 2.05) is 17.0 Å². The number of hydrogen-bond acceptors (Lipinski definition) is 3. The van der Waals surface area contributed by atoms with Crippen LogP contribution in [0.2, 0.25) is 10.0 Å². The topological polar surface area (TPSA) is 38.8 Å². The van der Waals surface area contributed by atoms with Gasteiger partial charge in [-0.15, -0.1) is 0 Å². The van der Waals surface area contributed by atoms with Gasteiger partial charge in [-0.25, -0.2) is 8.78 Å². The molecule has 2 heterocycles. The van der Waals surface area contributed by atoms with Crippen LogP contribution < -0.4 is 0 Å². The highest BCUT2D eigenvalue weighted by molar-refractivity contribution is 6.42. The number of rotatable bonds is 5. The van der Waals surface area contributed by atoms with E-state index < -0.39 is 5.92 Å². The molecule has 4 rings (SSSR count). The Morgan fingerprint density at radius 1 is 1.07 bits per heavy atom. The molecule has 8 heteroatoms. The van der Waals surface area contributed by atoms with Gasteiger partial charge in [0.1, 0.15) is 0 Å². The lowest BCUT2D eigenvalue weighted by atomic mass is 9.71. The number of piperidine rings is 1. The van der Waals surface area contributed by atoms with Crippen LogP contribution in [0.15, 0.2) is 18.2 Å². The molecule has 0 aromatic heterocycles. The maximum absolute atomic E-state index is 13.5. The van der Waals surface area contributed by atoms with Crippen molar-refractivity contribution in [3.8, 4) is 0 Å². The molecule has 1 aromatic carbocycles. The van der Waals surface area contributed by atoms with Crippen LogP contribution in [0.5, 0.6) is 0 Å². The summed E-state index contributed by atoms with van der Waals surface area (Å²) in [5.74, 6) is -2.38.